The highest BCUT2D eigenvalue weighted by Crippen LogP contribution is 2.38. The molecule has 4 heterocycles. The molecule has 332 valence electrons. The molecule has 21 heteroatoms. The van der Waals surface area contributed by atoms with Crippen molar-refractivity contribution in [2.45, 2.75) is 85.4 Å². The van der Waals surface area contributed by atoms with E-state index in [1.165, 1.54) is 29.7 Å². The Morgan fingerprint density at radius 1 is 0.770 bits per heavy atom. The fraction of sp³-hybridized carbons (Fsp3) is 0.450. The number of aromatic nitrogens is 4. The predicted octanol–water partition coefficient (Wildman–Crippen LogP) is 8.02. The predicted molar refractivity (Wildman–Crippen MR) is 248 cm³/mol. The quantitative estimate of drug-likeness (QED) is 0.0785. The maximum absolute atomic E-state index is 11.8. The van der Waals surface area contributed by atoms with Crippen LogP contribution in [-0.2, 0) is 9.47 Å². The van der Waals surface area contributed by atoms with Crippen LogP contribution in [0.15, 0.2) is 68.6 Å². The number of rotatable bonds is 9. The Balaban J connectivity index is 0.000000223. The molecule has 16 nitrogen and oxygen atoms in total. The summed E-state index contributed by atoms with van der Waals surface area (Å²) < 4.78 is 10.4. The summed E-state index contributed by atoms with van der Waals surface area (Å²) in [5.41, 5.74) is 23.5. The van der Waals surface area contributed by atoms with Crippen molar-refractivity contribution in [1.29, 1.82) is 0 Å². The van der Waals surface area contributed by atoms with E-state index in [-0.39, 0.29) is 17.1 Å². The number of nitrogen functional groups attached to an aromatic ring is 4. The third-order valence-corrected chi connectivity index (χ3v) is 11.9. The normalized spacial score (nSPS) is 16.1. The van der Waals surface area contributed by atoms with E-state index in [1.54, 1.807) is 18.3 Å². The van der Waals surface area contributed by atoms with Gasteiger partial charge in [0.05, 0.1) is 33.8 Å². The van der Waals surface area contributed by atoms with Gasteiger partial charge in [0.25, 0.3) is 0 Å². The smallest absolute Gasteiger partial charge is 0.407 e. The molecule has 2 unspecified atom stereocenters. The number of carbonyl (C=O) groups excluding carboxylic acids is 2. The largest absolute Gasteiger partial charge is 0.444 e. The number of nitrogens with one attached hydrogen (secondary N) is 3. The molecule has 2 aromatic heterocycles. The molecule has 2 fully saturated rings. The number of hydrogen-bond acceptors (Lipinski definition) is 16. The lowest BCUT2D eigenvalue weighted by Crippen LogP contribution is -2.36. The molecule has 61 heavy (non-hydrogen) atoms. The second-order valence-electron chi connectivity index (χ2n) is 16.0. The van der Waals surface area contributed by atoms with Gasteiger partial charge < -0.3 is 53.3 Å². The molecular formula is C40H55Cl3N12O4S2. The Bertz CT molecular complexity index is 2100. The van der Waals surface area contributed by atoms with Gasteiger partial charge in [-0.2, -0.15) is 0 Å². The van der Waals surface area contributed by atoms with Crippen molar-refractivity contribution >= 4 is 99.3 Å². The first-order chi connectivity index (χ1) is 28.7. The van der Waals surface area contributed by atoms with E-state index in [4.69, 9.17) is 67.2 Å². The van der Waals surface area contributed by atoms with Crippen LogP contribution in [0, 0.1) is 11.8 Å². The van der Waals surface area contributed by atoms with E-state index in [0.29, 0.717) is 62.2 Å². The summed E-state index contributed by atoms with van der Waals surface area (Å²) in [5.74, 6) is 2.19. The summed E-state index contributed by atoms with van der Waals surface area (Å²) >= 11 is 20.6. The number of nitrogens with zero attached hydrogens (tertiary/aromatic N) is 5. The van der Waals surface area contributed by atoms with Crippen LogP contribution in [0.25, 0.3) is 0 Å². The zero-order valence-corrected chi connectivity index (χ0v) is 39.0. The molecule has 2 atom stereocenters. The highest BCUT2D eigenvalue weighted by Gasteiger charge is 2.26. The zero-order valence-electron chi connectivity index (χ0n) is 35.1. The summed E-state index contributed by atoms with van der Waals surface area (Å²) in [6.45, 7) is 16.0. The number of nitrogens with two attached hydrogens (primary N) is 4. The molecule has 4 aromatic rings. The highest BCUT2D eigenvalue weighted by atomic mass is 35.5. The van der Waals surface area contributed by atoms with Crippen LogP contribution in [0.2, 0.25) is 15.2 Å². The number of alkyl carbamates (subject to hydrolysis) is 2. The second-order valence-corrected chi connectivity index (χ2v) is 19.3. The molecule has 0 saturated carbocycles. The first kappa shape index (κ1) is 49.3. The fourth-order valence-electron chi connectivity index (χ4n) is 5.66. The molecule has 11 N–H and O–H groups in total. The van der Waals surface area contributed by atoms with Gasteiger partial charge in [0.1, 0.15) is 32.2 Å². The lowest BCUT2D eigenvalue weighted by molar-refractivity contribution is 0.0509. The van der Waals surface area contributed by atoms with Gasteiger partial charge in [-0.3, -0.25) is 0 Å². The summed E-state index contributed by atoms with van der Waals surface area (Å²) in [6, 6.07) is 10.8. The van der Waals surface area contributed by atoms with Crippen molar-refractivity contribution in [2.24, 2.45) is 11.8 Å². The average molecular weight is 938 g/mol. The number of carbonyl (C=O) groups is 2. The maximum Gasteiger partial charge on any atom is 0.407 e. The number of ether oxygens (including phenoxy) is 2. The van der Waals surface area contributed by atoms with Gasteiger partial charge in [-0.05, 0) is 104 Å². The Morgan fingerprint density at radius 2 is 1.28 bits per heavy atom. The van der Waals surface area contributed by atoms with Gasteiger partial charge in [0, 0.05) is 36.0 Å². The van der Waals surface area contributed by atoms with Crippen LogP contribution >= 0.6 is 58.3 Å². The summed E-state index contributed by atoms with van der Waals surface area (Å²) in [6.07, 6.45) is 4.50. The van der Waals surface area contributed by atoms with E-state index in [1.807, 2.05) is 65.8 Å². The Morgan fingerprint density at radius 3 is 1.75 bits per heavy atom. The van der Waals surface area contributed by atoms with Gasteiger partial charge in [-0.15, -0.1) is 0 Å². The number of hydrogen-bond donors (Lipinski definition) is 7. The van der Waals surface area contributed by atoms with Crippen molar-refractivity contribution in [3.05, 3.63) is 64.0 Å². The van der Waals surface area contributed by atoms with E-state index >= 15 is 0 Å². The number of anilines is 5. The molecule has 0 radical (unpaired) electrons. The Hall–Kier alpha value is -4.33. The molecule has 0 bridgehead atoms. The van der Waals surface area contributed by atoms with E-state index < -0.39 is 17.3 Å². The van der Waals surface area contributed by atoms with Crippen LogP contribution in [0.1, 0.15) is 54.4 Å². The van der Waals surface area contributed by atoms with Crippen molar-refractivity contribution < 1.29 is 19.1 Å². The van der Waals surface area contributed by atoms with Crippen LogP contribution < -0.4 is 43.8 Å². The summed E-state index contributed by atoms with van der Waals surface area (Å²) in [4.78, 5) is 43.8. The summed E-state index contributed by atoms with van der Waals surface area (Å²) in [7, 11) is 0. The molecule has 2 aliphatic heterocycles. The van der Waals surface area contributed by atoms with Gasteiger partial charge >= 0.3 is 12.2 Å². The van der Waals surface area contributed by atoms with Crippen LogP contribution in [0.3, 0.4) is 0 Å². The molecule has 2 amide bonds. The second kappa shape index (κ2) is 22.7. The van der Waals surface area contributed by atoms with Crippen molar-refractivity contribution in [3.63, 3.8) is 0 Å². The maximum atomic E-state index is 11.8. The SMILES string of the molecule is CC(C)(C)OC(=O)NCC1CCN(c2cnc(Sc3cccc(N)c3Cl)c(N)n2)C1.CC(C)(C)OC(=O)NCC1CCNC1.Nc1cccc(Sc2ncc(Cl)nc2N)c1Cl. The summed E-state index contributed by atoms with van der Waals surface area (Å²) in [5, 5.41) is 11.2. The number of amides is 2. The Labute approximate surface area is 380 Å². The lowest BCUT2D eigenvalue weighted by atomic mass is 10.1. The molecule has 0 spiro atoms. The standard InChI is InChI=1S/C20H27ClN6O2S.C10H8Cl2N4S.C10H20N2O2/c1-20(2,3)29-19(28)25-9-12-7-8-27(11-12)15-10-24-18(17(23)26-15)30-14-6-4-5-13(22)16(14)21;11-7-4-15-10(9(14)16-7)17-6-3-1-2-5(13)8(6)12;1-10(2,3)14-9(13)12-7-8-4-5-11-6-8/h4-6,10,12H,7-9,11,22H2,1-3H3,(H2,23,26)(H,25,28);1-4H,13H2,(H2,14,16);8,11H,4-7H2,1-3H3,(H,12,13). The van der Waals surface area contributed by atoms with Gasteiger partial charge in [0.15, 0.2) is 11.6 Å². The van der Waals surface area contributed by atoms with Crippen molar-refractivity contribution in [2.75, 3.05) is 67.1 Å². The lowest BCUT2D eigenvalue weighted by Gasteiger charge is -2.21. The first-order valence-corrected chi connectivity index (χ1v) is 22.2. The molecule has 2 saturated heterocycles. The molecule has 2 aliphatic rings. The minimum Gasteiger partial charge on any atom is -0.444 e. The molecular weight excluding hydrogens is 883 g/mol. The third-order valence-electron chi connectivity index (χ3n) is 8.53. The molecule has 2 aromatic carbocycles. The van der Waals surface area contributed by atoms with Gasteiger partial charge in [0.2, 0.25) is 0 Å². The minimum absolute atomic E-state index is 0.255. The Kier molecular flexibility index (Phi) is 18.3. The first-order valence-electron chi connectivity index (χ1n) is 19.4. The fourth-order valence-corrected chi connectivity index (χ4v) is 7.92. The monoisotopic (exact) mass is 936 g/mol. The van der Waals surface area contributed by atoms with Gasteiger partial charge in [-0.1, -0.05) is 70.5 Å². The van der Waals surface area contributed by atoms with E-state index in [0.717, 1.165) is 54.6 Å². The van der Waals surface area contributed by atoms with Crippen molar-refractivity contribution in [3.8, 4) is 0 Å². The minimum atomic E-state index is -0.506. The zero-order chi connectivity index (χ0) is 44.9. The topological polar surface area (TPSA) is 248 Å². The molecule has 6 rings (SSSR count). The van der Waals surface area contributed by atoms with E-state index in [2.05, 4.69) is 40.8 Å². The van der Waals surface area contributed by atoms with E-state index in [9.17, 15) is 9.59 Å². The third kappa shape index (κ3) is 16.8. The average Bonchev–Trinajstić information content (AvgIpc) is 3.88. The van der Waals surface area contributed by atoms with Crippen LogP contribution in [-0.4, -0.2) is 82.6 Å². The highest BCUT2D eigenvalue weighted by molar-refractivity contribution is 7.99. The van der Waals surface area contributed by atoms with Crippen LogP contribution in [0.5, 0.6) is 0 Å². The molecule has 0 aliphatic carbocycles. The van der Waals surface area contributed by atoms with Crippen LogP contribution in [0.4, 0.5) is 38.4 Å². The number of halogens is 3. The van der Waals surface area contributed by atoms with Gasteiger partial charge in [-0.25, -0.2) is 29.5 Å². The number of benzene rings is 2. The van der Waals surface area contributed by atoms with Crippen molar-refractivity contribution in [1.82, 2.24) is 35.9 Å².